The lowest BCUT2D eigenvalue weighted by Gasteiger charge is -2.10. The van der Waals surface area contributed by atoms with Gasteiger partial charge in [-0.3, -0.25) is 0 Å². The summed E-state index contributed by atoms with van der Waals surface area (Å²) < 4.78 is 17.6. The molecule has 0 unspecified atom stereocenters. The van der Waals surface area contributed by atoms with Gasteiger partial charge in [-0.2, -0.15) is 4.68 Å². The van der Waals surface area contributed by atoms with E-state index in [0.29, 0.717) is 17.6 Å². The molecule has 0 bridgehead atoms. The number of aromatic nitrogens is 5. The molecule has 0 saturated carbocycles. The fourth-order valence-corrected chi connectivity index (χ4v) is 2.24. The molecule has 7 heteroatoms. The third-order valence-electron chi connectivity index (χ3n) is 3.45. The molecule has 2 aromatic heterocycles. The van der Waals surface area contributed by atoms with Gasteiger partial charge in [0.15, 0.2) is 0 Å². The zero-order valence-electron chi connectivity index (χ0n) is 13.6. The second-order valence-electron chi connectivity index (χ2n) is 5.05. The molecule has 0 atom stereocenters. The van der Waals surface area contributed by atoms with Gasteiger partial charge >= 0.3 is 5.69 Å². The highest BCUT2D eigenvalue weighted by Crippen LogP contribution is 2.20. The van der Waals surface area contributed by atoms with Gasteiger partial charge in [0.05, 0.1) is 1.37 Å². The van der Waals surface area contributed by atoms with Gasteiger partial charge < -0.3 is 9.30 Å². The molecule has 0 saturated heterocycles. The van der Waals surface area contributed by atoms with Crippen molar-refractivity contribution in [2.45, 2.75) is 13.5 Å². The third-order valence-corrected chi connectivity index (χ3v) is 3.45. The topological polar surface area (TPSA) is 66.9 Å². The maximum atomic E-state index is 12.1. The van der Waals surface area contributed by atoms with E-state index in [0.717, 1.165) is 11.1 Å². The standard InChI is InChI=1S/C15H17N5O2/c1-11-6-4-5-7-13(11)22-10-12-8-9-18(2)14(12)20-15(21)19(3)16-17-20/h4-9H,10H2,1-3H3/i4T. The van der Waals surface area contributed by atoms with Gasteiger partial charge in [0.1, 0.15) is 18.2 Å². The molecule has 0 aliphatic heterocycles. The summed E-state index contributed by atoms with van der Waals surface area (Å²) in [6, 6.07) is 7.52. The van der Waals surface area contributed by atoms with Crippen LogP contribution in [0.5, 0.6) is 5.75 Å². The molecule has 114 valence electrons. The van der Waals surface area contributed by atoms with E-state index in [1.807, 2.05) is 26.2 Å². The van der Waals surface area contributed by atoms with E-state index in [1.165, 1.54) is 9.36 Å². The summed E-state index contributed by atoms with van der Waals surface area (Å²) in [5, 5.41) is 7.62. The fraction of sp³-hybridized carbons (Fsp3) is 0.267. The lowest BCUT2D eigenvalue weighted by molar-refractivity contribution is 0.303. The molecular formula is C15H17N5O2. The number of tetrazole rings is 1. The van der Waals surface area contributed by atoms with Crippen molar-refractivity contribution in [3.8, 4) is 11.6 Å². The van der Waals surface area contributed by atoms with Gasteiger partial charge in [0.25, 0.3) is 0 Å². The smallest absolute Gasteiger partial charge is 0.369 e. The Morgan fingerprint density at radius 3 is 2.77 bits per heavy atom. The first-order valence-electron chi connectivity index (χ1n) is 7.31. The first kappa shape index (κ1) is 12.9. The summed E-state index contributed by atoms with van der Waals surface area (Å²) in [6.07, 6.45) is 1.84. The summed E-state index contributed by atoms with van der Waals surface area (Å²) in [5.74, 6) is 1.33. The molecule has 0 fully saturated rings. The SMILES string of the molecule is [3H]c1ccc(OCc2ccn(C)c2-n2nnn(C)c2=O)c(C)c1. The van der Waals surface area contributed by atoms with Crippen LogP contribution in [0.15, 0.2) is 41.3 Å². The Hall–Kier alpha value is -2.83. The minimum Gasteiger partial charge on any atom is -0.488 e. The third kappa shape index (κ3) is 2.41. The van der Waals surface area contributed by atoms with Crippen molar-refractivity contribution in [2.24, 2.45) is 14.1 Å². The van der Waals surface area contributed by atoms with Crippen molar-refractivity contribution in [2.75, 3.05) is 0 Å². The zero-order valence-corrected chi connectivity index (χ0v) is 12.6. The summed E-state index contributed by atoms with van der Waals surface area (Å²) in [4.78, 5) is 12.1. The van der Waals surface area contributed by atoms with Gasteiger partial charge in [-0.05, 0) is 35.0 Å². The minimum atomic E-state index is -0.317. The number of aryl methyl sites for hydroxylation is 3. The van der Waals surface area contributed by atoms with Crippen LogP contribution in [0.2, 0.25) is 0 Å². The van der Waals surface area contributed by atoms with Crippen molar-refractivity contribution >= 4 is 0 Å². The van der Waals surface area contributed by atoms with E-state index < -0.39 is 0 Å². The number of hydrogen-bond acceptors (Lipinski definition) is 4. The van der Waals surface area contributed by atoms with E-state index in [-0.39, 0.29) is 12.3 Å². The van der Waals surface area contributed by atoms with E-state index >= 15 is 0 Å². The molecule has 3 aromatic rings. The van der Waals surface area contributed by atoms with Gasteiger partial charge in [0, 0.05) is 25.9 Å². The van der Waals surface area contributed by atoms with Gasteiger partial charge in [-0.1, -0.05) is 18.2 Å². The Labute approximate surface area is 128 Å². The van der Waals surface area contributed by atoms with Crippen molar-refractivity contribution < 1.29 is 6.11 Å². The number of ether oxygens (including phenoxy) is 1. The summed E-state index contributed by atoms with van der Waals surface area (Å²) in [6.45, 7) is 2.18. The van der Waals surface area contributed by atoms with Crippen LogP contribution in [-0.4, -0.2) is 24.4 Å². The molecular weight excluding hydrogens is 282 g/mol. The van der Waals surface area contributed by atoms with Gasteiger partial charge in [0.2, 0.25) is 0 Å². The molecule has 0 aliphatic rings. The van der Waals surface area contributed by atoms with Crippen molar-refractivity contribution in [1.29, 1.82) is 0 Å². The van der Waals surface area contributed by atoms with E-state index in [2.05, 4.69) is 10.4 Å². The second-order valence-corrected chi connectivity index (χ2v) is 5.05. The van der Waals surface area contributed by atoms with Crippen molar-refractivity contribution in [3.05, 3.63) is 58.1 Å². The minimum absolute atomic E-state index is 0.289. The van der Waals surface area contributed by atoms with Crippen LogP contribution in [0.25, 0.3) is 5.82 Å². The van der Waals surface area contributed by atoms with Gasteiger partial charge in [-0.15, -0.1) is 4.68 Å². The molecule has 0 radical (unpaired) electrons. The van der Waals surface area contributed by atoms with Crippen LogP contribution in [0.3, 0.4) is 0 Å². The molecule has 1 aromatic carbocycles. The largest absolute Gasteiger partial charge is 0.488 e. The predicted molar refractivity (Wildman–Crippen MR) is 81.1 cm³/mol. The lowest BCUT2D eigenvalue weighted by Crippen LogP contribution is -2.24. The highest BCUT2D eigenvalue weighted by atomic mass is 16.5. The average Bonchev–Trinajstić information content (AvgIpc) is 3.02. The van der Waals surface area contributed by atoms with Gasteiger partial charge in [-0.25, -0.2) is 4.79 Å². The van der Waals surface area contributed by atoms with Crippen LogP contribution in [-0.2, 0) is 20.7 Å². The quantitative estimate of drug-likeness (QED) is 0.726. The first-order chi connectivity index (χ1) is 11.0. The zero-order chi connectivity index (χ0) is 16.6. The Bertz CT molecular complexity index is 909. The maximum absolute atomic E-state index is 12.1. The second kappa shape index (κ2) is 5.51. The molecule has 7 nitrogen and oxygen atoms in total. The van der Waals surface area contributed by atoms with Crippen LogP contribution in [0.1, 0.15) is 12.5 Å². The Morgan fingerprint density at radius 2 is 2.09 bits per heavy atom. The first-order valence-corrected chi connectivity index (χ1v) is 6.81. The highest BCUT2D eigenvalue weighted by molar-refractivity contribution is 5.36. The van der Waals surface area contributed by atoms with Crippen LogP contribution < -0.4 is 10.4 Å². The molecule has 22 heavy (non-hydrogen) atoms. The summed E-state index contributed by atoms with van der Waals surface area (Å²) in [5.41, 5.74) is 1.40. The Balaban J connectivity index is 1.90. The number of rotatable bonds is 4. The highest BCUT2D eigenvalue weighted by Gasteiger charge is 2.15. The number of nitrogens with zero attached hydrogens (tertiary/aromatic N) is 5. The number of para-hydroxylation sites is 1. The van der Waals surface area contributed by atoms with E-state index in [1.54, 1.807) is 29.8 Å². The number of hydrogen-bond donors (Lipinski definition) is 0. The Kier molecular flexibility index (Phi) is 3.23. The normalized spacial score (nSPS) is 11.5. The van der Waals surface area contributed by atoms with Crippen LogP contribution in [0.4, 0.5) is 0 Å². The Morgan fingerprint density at radius 1 is 1.27 bits per heavy atom. The lowest BCUT2D eigenvalue weighted by atomic mass is 10.2. The van der Waals surface area contributed by atoms with E-state index in [9.17, 15) is 4.79 Å². The molecule has 2 heterocycles. The average molecular weight is 301 g/mol. The summed E-state index contributed by atoms with van der Waals surface area (Å²) >= 11 is 0. The van der Waals surface area contributed by atoms with Crippen molar-refractivity contribution in [1.82, 2.24) is 24.4 Å². The number of benzene rings is 1. The monoisotopic (exact) mass is 301 g/mol. The molecule has 0 amide bonds. The van der Waals surface area contributed by atoms with E-state index in [4.69, 9.17) is 6.11 Å². The van der Waals surface area contributed by atoms with Crippen LogP contribution >= 0.6 is 0 Å². The fourth-order valence-electron chi connectivity index (χ4n) is 2.24. The molecule has 0 aliphatic carbocycles. The molecule has 3 rings (SSSR count). The maximum Gasteiger partial charge on any atom is 0.369 e. The summed E-state index contributed by atoms with van der Waals surface area (Å²) in [7, 11) is 3.39. The van der Waals surface area contributed by atoms with Crippen LogP contribution in [0, 0.1) is 6.92 Å². The molecule has 0 N–H and O–H groups in total. The molecule has 0 spiro atoms. The predicted octanol–water partition coefficient (Wildman–Crippen LogP) is 1.19. The van der Waals surface area contributed by atoms with Crippen molar-refractivity contribution in [3.63, 3.8) is 0 Å².